The summed E-state index contributed by atoms with van der Waals surface area (Å²) in [5.41, 5.74) is 0.835. The molecule has 21 heavy (non-hydrogen) atoms. The zero-order chi connectivity index (χ0) is 14.8. The summed E-state index contributed by atoms with van der Waals surface area (Å²) in [6.07, 6.45) is 4.99. The number of nitrogens with one attached hydrogen (secondary N) is 1. The molecule has 1 N–H and O–H groups in total. The quantitative estimate of drug-likeness (QED) is 0.930. The summed E-state index contributed by atoms with van der Waals surface area (Å²) in [6.45, 7) is 0.408. The highest BCUT2D eigenvalue weighted by molar-refractivity contribution is 5.78. The largest absolute Gasteiger partial charge is 0.489 e. The molecule has 1 amide bonds. The van der Waals surface area contributed by atoms with Gasteiger partial charge in [0, 0.05) is 19.2 Å². The van der Waals surface area contributed by atoms with Crippen molar-refractivity contribution >= 4 is 11.6 Å². The Kier molecular flexibility index (Phi) is 3.99. The first kappa shape index (κ1) is 14.2. The molecule has 1 aromatic rings. The molecule has 0 radical (unpaired) electrons. The number of hydrogen-bond acceptors (Lipinski definition) is 3. The molecular weight excluding hydrogens is 271 g/mol. The SMILES string of the molecule is CN1c2ccc(F)cc2OC[C@H]1CC(=O)NC1CCCC1. The lowest BCUT2D eigenvalue weighted by molar-refractivity contribution is -0.122. The minimum absolute atomic E-state index is 0.00985. The van der Waals surface area contributed by atoms with Crippen molar-refractivity contribution < 1.29 is 13.9 Å². The minimum Gasteiger partial charge on any atom is -0.489 e. The fraction of sp³-hybridized carbons (Fsp3) is 0.562. The van der Waals surface area contributed by atoms with Gasteiger partial charge in [-0.25, -0.2) is 4.39 Å². The van der Waals surface area contributed by atoms with Gasteiger partial charge in [-0.2, -0.15) is 0 Å². The Bertz CT molecular complexity index is 529. The Morgan fingerprint density at radius 3 is 2.95 bits per heavy atom. The number of anilines is 1. The van der Waals surface area contributed by atoms with Gasteiger partial charge in [-0.05, 0) is 25.0 Å². The summed E-state index contributed by atoms with van der Waals surface area (Å²) in [4.78, 5) is 14.1. The van der Waals surface area contributed by atoms with Crippen LogP contribution in [0.25, 0.3) is 0 Å². The molecule has 1 aliphatic heterocycles. The van der Waals surface area contributed by atoms with Crippen LogP contribution in [0.4, 0.5) is 10.1 Å². The lowest BCUT2D eigenvalue weighted by Gasteiger charge is -2.35. The summed E-state index contributed by atoms with van der Waals surface area (Å²) >= 11 is 0. The van der Waals surface area contributed by atoms with Gasteiger partial charge in [0.1, 0.15) is 18.2 Å². The number of halogens is 1. The van der Waals surface area contributed by atoms with Crippen molar-refractivity contribution in [2.45, 2.75) is 44.2 Å². The van der Waals surface area contributed by atoms with E-state index >= 15 is 0 Å². The molecule has 1 heterocycles. The molecule has 0 saturated heterocycles. The molecule has 0 aromatic heterocycles. The van der Waals surface area contributed by atoms with Crippen LogP contribution in [0.2, 0.25) is 0 Å². The second-order valence-corrected chi connectivity index (χ2v) is 5.94. The smallest absolute Gasteiger partial charge is 0.222 e. The minimum atomic E-state index is -0.306. The summed E-state index contributed by atoms with van der Waals surface area (Å²) in [5, 5.41) is 3.10. The van der Waals surface area contributed by atoms with Crippen LogP contribution in [0, 0.1) is 5.82 Å². The lowest BCUT2D eigenvalue weighted by Crippen LogP contribution is -2.45. The van der Waals surface area contributed by atoms with Crippen molar-refractivity contribution in [3.8, 4) is 5.75 Å². The molecule has 0 spiro atoms. The number of amides is 1. The van der Waals surface area contributed by atoms with E-state index in [-0.39, 0.29) is 17.8 Å². The van der Waals surface area contributed by atoms with Crippen molar-refractivity contribution in [3.63, 3.8) is 0 Å². The Balaban J connectivity index is 1.61. The Morgan fingerprint density at radius 2 is 2.19 bits per heavy atom. The Morgan fingerprint density at radius 1 is 1.43 bits per heavy atom. The lowest BCUT2D eigenvalue weighted by atomic mass is 10.1. The standard InChI is InChI=1S/C16H21FN2O2/c1-19-13(9-16(20)18-12-4-2-3-5-12)10-21-15-8-11(17)6-7-14(15)19/h6-8,12-13H,2-5,9-10H2,1H3,(H,18,20)/t13-/m1/s1. The van der Waals surface area contributed by atoms with Crippen molar-refractivity contribution in [1.29, 1.82) is 0 Å². The molecule has 0 unspecified atom stereocenters. The number of likely N-dealkylation sites (N-methyl/N-ethyl adjacent to an activating group) is 1. The van der Waals surface area contributed by atoms with Gasteiger partial charge >= 0.3 is 0 Å². The molecule has 1 saturated carbocycles. The van der Waals surface area contributed by atoms with Crippen LogP contribution >= 0.6 is 0 Å². The van der Waals surface area contributed by atoms with E-state index < -0.39 is 0 Å². The zero-order valence-electron chi connectivity index (χ0n) is 12.3. The summed E-state index contributed by atoms with van der Waals surface area (Å²) < 4.78 is 18.8. The van der Waals surface area contributed by atoms with Gasteiger partial charge in [0.25, 0.3) is 0 Å². The highest BCUT2D eigenvalue weighted by atomic mass is 19.1. The van der Waals surface area contributed by atoms with Crippen LogP contribution in [0.15, 0.2) is 18.2 Å². The molecular formula is C16H21FN2O2. The van der Waals surface area contributed by atoms with E-state index in [1.807, 2.05) is 11.9 Å². The molecule has 3 rings (SSSR count). The third kappa shape index (κ3) is 3.12. The summed E-state index contributed by atoms with van der Waals surface area (Å²) in [7, 11) is 1.92. The van der Waals surface area contributed by atoms with E-state index in [9.17, 15) is 9.18 Å². The first-order chi connectivity index (χ1) is 10.1. The molecule has 2 aliphatic rings. The normalized spacial score (nSPS) is 21.8. The molecule has 114 valence electrons. The van der Waals surface area contributed by atoms with Crippen molar-refractivity contribution in [3.05, 3.63) is 24.0 Å². The van der Waals surface area contributed by atoms with E-state index in [1.54, 1.807) is 6.07 Å². The van der Waals surface area contributed by atoms with Gasteiger partial charge < -0.3 is 15.0 Å². The predicted octanol–water partition coefficient (Wildman–Crippen LogP) is 2.47. The summed E-state index contributed by atoms with van der Waals surface area (Å²) in [6, 6.07) is 4.84. The van der Waals surface area contributed by atoms with Crippen LogP contribution in [0.3, 0.4) is 0 Å². The maximum Gasteiger partial charge on any atom is 0.222 e. The van der Waals surface area contributed by atoms with Gasteiger partial charge in [-0.1, -0.05) is 12.8 Å². The number of rotatable bonds is 3. The molecule has 4 nitrogen and oxygen atoms in total. The Labute approximate surface area is 124 Å². The highest BCUT2D eigenvalue weighted by Gasteiger charge is 2.28. The molecule has 5 heteroatoms. The van der Waals surface area contributed by atoms with Gasteiger partial charge in [0.15, 0.2) is 0 Å². The number of hydrogen-bond donors (Lipinski definition) is 1. The van der Waals surface area contributed by atoms with Crippen molar-refractivity contribution in [1.82, 2.24) is 5.32 Å². The van der Waals surface area contributed by atoms with Crippen LogP contribution in [-0.2, 0) is 4.79 Å². The van der Waals surface area contributed by atoms with Gasteiger partial charge in [0.05, 0.1) is 18.2 Å². The monoisotopic (exact) mass is 292 g/mol. The molecule has 1 fully saturated rings. The maximum atomic E-state index is 13.2. The van der Waals surface area contributed by atoms with Crippen LogP contribution in [0.1, 0.15) is 32.1 Å². The number of benzene rings is 1. The fourth-order valence-electron chi connectivity index (χ4n) is 3.16. The maximum absolute atomic E-state index is 13.2. The third-order valence-corrected chi connectivity index (χ3v) is 4.42. The van der Waals surface area contributed by atoms with Gasteiger partial charge in [-0.15, -0.1) is 0 Å². The topological polar surface area (TPSA) is 41.6 Å². The number of nitrogens with zero attached hydrogens (tertiary/aromatic N) is 1. The van der Waals surface area contributed by atoms with Crippen molar-refractivity contribution in [2.24, 2.45) is 0 Å². The first-order valence-electron chi connectivity index (χ1n) is 7.58. The van der Waals surface area contributed by atoms with Crippen LogP contribution in [-0.4, -0.2) is 31.6 Å². The molecule has 1 aromatic carbocycles. The molecule has 1 atom stereocenters. The second-order valence-electron chi connectivity index (χ2n) is 5.94. The number of ether oxygens (including phenoxy) is 1. The third-order valence-electron chi connectivity index (χ3n) is 4.42. The zero-order valence-corrected chi connectivity index (χ0v) is 12.3. The highest BCUT2D eigenvalue weighted by Crippen LogP contribution is 2.34. The first-order valence-corrected chi connectivity index (χ1v) is 7.58. The van der Waals surface area contributed by atoms with E-state index in [0.29, 0.717) is 24.8 Å². The molecule has 1 aliphatic carbocycles. The van der Waals surface area contributed by atoms with Crippen LogP contribution in [0.5, 0.6) is 5.75 Å². The van der Waals surface area contributed by atoms with E-state index in [0.717, 1.165) is 18.5 Å². The average molecular weight is 292 g/mol. The van der Waals surface area contributed by atoms with E-state index in [1.165, 1.54) is 25.0 Å². The van der Waals surface area contributed by atoms with Gasteiger partial charge in [0.2, 0.25) is 5.91 Å². The predicted molar refractivity (Wildman–Crippen MR) is 79.1 cm³/mol. The fourth-order valence-corrected chi connectivity index (χ4v) is 3.16. The summed E-state index contributed by atoms with van der Waals surface area (Å²) in [5.74, 6) is 0.317. The second kappa shape index (κ2) is 5.92. The van der Waals surface area contributed by atoms with E-state index in [4.69, 9.17) is 4.74 Å². The Hall–Kier alpha value is -1.78. The van der Waals surface area contributed by atoms with E-state index in [2.05, 4.69) is 5.32 Å². The molecule has 0 bridgehead atoms. The average Bonchev–Trinajstić information content (AvgIpc) is 2.94. The van der Waals surface area contributed by atoms with Crippen molar-refractivity contribution in [2.75, 3.05) is 18.6 Å². The number of carbonyl (C=O) groups excluding carboxylic acids is 1. The van der Waals surface area contributed by atoms with Crippen LogP contribution < -0.4 is 15.0 Å². The van der Waals surface area contributed by atoms with Gasteiger partial charge in [-0.3, -0.25) is 4.79 Å². The number of carbonyl (C=O) groups is 1. The number of fused-ring (bicyclic) bond motifs is 1.